The SMILES string of the molecule is Cc1cc(NC(=O)C(=O)N2CCCCCC2)n(C2NC(=O)CC(C)N2)n1. The molecule has 2 fully saturated rings. The minimum atomic E-state index is -0.678. The van der Waals surface area contributed by atoms with Gasteiger partial charge in [-0.15, -0.1) is 0 Å². The lowest BCUT2D eigenvalue weighted by Crippen LogP contribution is -2.52. The third kappa shape index (κ3) is 4.21. The molecule has 1 aromatic rings. The minimum Gasteiger partial charge on any atom is -0.334 e. The highest BCUT2D eigenvalue weighted by Crippen LogP contribution is 2.17. The number of aromatic nitrogens is 2. The smallest absolute Gasteiger partial charge is 0.315 e. The quantitative estimate of drug-likeness (QED) is 0.664. The molecule has 0 aliphatic carbocycles. The molecule has 0 bridgehead atoms. The van der Waals surface area contributed by atoms with Gasteiger partial charge in [-0.25, -0.2) is 4.68 Å². The summed E-state index contributed by atoms with van der Waals surface area (Å²) < 4.78 is 1.50. The average Bonchev–Trinajstić information content (AvgIpc) is 2.79. The van der Waals surface area contributed by atoms with Gasteiger partial charge in [-0.1, -0.05) is 12.8 Å². The van der Waals surface area contributed by atoms with Crippen LogP contribution in [-0.2, 0) is 14.4 Å². The van der Waals surface area contributed by atoms with Gasteiger partial charge in [0.25, 0.3) is 0 Å². The molecule has 2 saturated heterocycles. The van der Waals surface area contributed by atoms with E-state index in [4.69, 9.17) is 0 Å². The highest BCUT2D eigenvalue weighted by atomic mass is 16.2. The van der Waals surface area contributed by atoms with Crippen molar-refractivity contribution in [3.05, 3.63) is 11.8 Å². The normalized spacial score (nSPS) is 23.9. The van der Waals surface area contributed by atoms with Crippen LogP contribution in [0, 0.1) is 6.92 Å². The molecule has 2 unspecified atom stereocenters. The predicted octanol–water partition coefficient (Wildman–Crippen LogP) is 0.487. The van der Waals surface area contributed by atoms with E-state index in [1.165, 1.54) is 4.68 Å². The first-order chi connectivity index (χ1) is 12.4. The van der Waals surface area contributed by atoms with E-state index in [1.807, 2.05) is 6.92 Å². The zero-order valence-electron chi connectivity index (χ0n) is 15.2. The number of hydrogen-bond acceptors (Lipinski definition) is 5. The molecule has 1 aromatic heterocycles. The summed E-state index contributed by atoms with van der Waals surface area (Å²) in [6.07, 6.45) is 3.83. The molecule has 2 atom stereocenters. The van der Waals surface area contributed by atoms with Crippen LogP contribution in [0.15, 0.2) is 6.07 Å². The van der Waals surface area contributed by atoms with Gasteiger partial charge in [0.15, 0.2) is 6.29 Å². The van der Waals surface area contributed by atoms with Crippen LogP contribution in [0.25, 0.3) is 0 Å². The molecule has 3 heterocycles. The number of nitrogens with one attached hydrogen (secondary N) is 3. The Morgan fingerprint density at radius 3 is 2.58 bits per heavy atom. The van der Waals surface area contributed by atoms with Gasteiger partial charge in [-0.05, 0) is 26.7 Å². The molecule has 0 spiro atoms. The lowest BCUT2D eigenvalue weighted by molar-refractivity contribution is -0.143. The van der Waals surface area contributed by atoms with Crippen LogP contribution in [0.5, 0.6) is 0 Å². The minimum absolute atomic E-state index is 0.0134. The average molecular weight is 362 g/mol. The molecule has 2 aliphatic rings. The van der Waals surface area contributed by atoms with Gasteiger partial charge >= 0.3 is 11.8 Å². The maximum Gasteiger partial charge on any atom is 0.315 e. The second-order valence-electron chi connectivity index (χ2n) is 7.02. The molecular weight excluding hydrogens is 336 g/mol. The van der Waals surface area contributed by atoms with Crippen molar-refractivity contribution in [3.8, 4) is 0 Å². The fraction of sp³-hybridized carbons (Fsp3) is 0.647. The Morgan fingerprint density at radius 1 is 1.23 bits per heavy atom. The summed E-state index contributed by atoms with van der Waals surface area (Å²) in [7, 11) is 0. The first-order valence-electron chi connectivity index (χ1n) is 9.16. The van der Waals surface area contributed by atoms with Crippen molar-refractivity contribution in [2.45, 2.75) is 58.3 Å². The van der Waals surface area contributed by atoms with Crippen molar-refractivity contribution in [1.29, 1.82) is 0 Å². The van der Waals surface area contributed by atoms with Gasteiger partial charge in [0.1, 0.15) is 5.82 Å². The molecular formula is C17H26N6O3. The monoisotopic (exact) mass is 362 g/mol. The Labute approximate surface area is 152 Å². The summed E-state index contributed by atoms with van der Waals surface area (Å²) in [5.74, 6) is -0.913. The van der Waals surface area contributed by atoms with Crippen molar-refractivity contribution in [2.24, 2.45) is 0 Å². The van der Waals surface area contributed by atoms with Gasteiger partial charge in [-0.2, -0.15) is 5.10 Å². The first-order valence-corrected chi connectivity index (χ1v) is 9.16. The predicted molar refractivity (Wildman–Crippen MR) is 95.0 cm³/mol. The van der Waals surface area contributed by atoms with Crippen molar-refractivity contribution >= 4 is 23.5 Å². The van der Waals surface area contributed by atoms with Crippen LogP contribution in [0.2, 0.25) is 0 Å². The van der Waals surface area contributed by atoms with E-state index >= 15 is 0 Å². The first kappa shape index (κ1) is 18.4. The van der Waals surface area contributed by atoms with E-state index in [9.17, 15) is 14.4 Å². The molecule has 26 heavy (non-hydrogen) atoms. The molecule has 3 N–H and O–H groups in total. The van der Waals surface area contributed by atoms with E-state index in [-0.39, 0.29) is 11.9 Å². The number of likely N-dealkylation sites (tertiary alicyclic amines) is 1. The molecule has 3 rings (SSSR count). The zero-order valence-corrected chi connectivity index (χ0v) is 15.2. The van der Waals surface area contributed by atoms with Gasteiger partial charge in [0.2, 0.25) is 5.91 Å². The van der Waals surface area contributed by atoms with E-state index in [0.29, 0.717) is 31.0 Å². The summed E-state index contributed by atoms with van der Waals surface area (Å²) in [6, 6.07) is 1.67. The third-order valence-corrected chi connectivity index (χ3v) is 4.66. The number of hydrogen-bond donors (Lipinski definition) is 3. The lowest BCUT2D eigenvalue weighted by atomic mass is 10.2. The lowest BCUT2D eigenvalue weighted by Gasteiger charge is -2.30. The molecule has 9 heteroatoms. The maximum atomic E-state index is 12.5. The van der Waals surface area contributed by atoms with Crippen LogP contribution in [0.3, 0.4) is 0 Å². The number of anilines is 1. The zero-order chi connectivity index (χ0) is 18.7. The van der Waals surface area contributed by atoms with Crippen LogP contribution >= 0.6 is 0 Å². The Hall–Kier alpha value is -2.42. The second kappa shape index (κ2) is 7.86. The summed E-state index contributed by atoms with van der Waals surface area (Å²) >= 11 is 0. The number of nitrogens with zero attached hydrogens (tertiary/aromatic N) is 3. The number of carbonyl (C=O) groups excluding carboxylic acids is 3. The third-order valence-electron chi connectivity index (χ3n) is 4.66. The highest BCUT2D eigenvalue weighted by Gasteiger charge is 2.28. The van der Waals surface area contributed by atoms with Gasteiger partial charge in [0.05, 0.1) is 5.69 Å². The standard InChI is InChI=1S/C17H26N6O3/c1-11-10-14(24)20-17(18-11)23-13(9-12(2)21-23)19-15(25)16(26)22-7-5-3-4-6-8-22/h9,11,17-18H,3-8,10H2,1-2H3,(H,19,25)(H,20,24). The second-order valence-corrected chi connectivity index (χ2v) is 7.02. The molecule has 0 aromatic carbocycles. The Kier molecular flexibility index (Phi) is 5.55. The van der Waals surface area contributed by atoms with Crippen molar-refractivity contribution < 1.29 is 14.4 Å². The van der Waals surface area contributed by atoms with E-state index in [1.54, 1.807) is 17.9 Å². The molecule has 0 radical (unpaired) electrons. The Bertz CT molecular complexity index is 693. The maximum absolute atomic E-state index is 12.5. The van der Waals surface area contributed by atoms with E-state index in [0.717, 1.165) is 25.7 Å². The van der Waals surface area contributed by atoms with Crippen LogP contribution in [0.4, 0.5) is 5.82 Å². The highest BCUT2D eigenvalue weighted by molar-refractivity contribution is 6.39. The van der Waals surface area contributed by atoms with Gasteiger partial charge in [0, 0.05) is 31.6 Å². The number of rotatable bonds is 2. The number of aryl methyl sites for hydroxylation is 1. The topological polar surface area (TPSA) is 108 Å². The number of carbonyl (C=O) groups is 3. The molecule has 2 aliphatic heterocycles. The van der Waals surface area contributed by atoms with Gasteiger partial charge < -0.3 is 15.5 Å². The molecule has 142 valence electrons. The van der Waals surface area contributed by atoms with Crippen molar-refractivity contribution in [2.75, 3.05) is 18.4 Å². The fourth-order valence-electron chi connectivity index (χ4n) is 3.39. The molecule has 9 nitrogen and oxygen atoms in total. The van der Waals surface area contributed by atoms with Crippen LogP contribution in [-0.4, -0.2) is 51.5 Å². The molecule has 3 amide bonds. The Balaban J connectivity index is 1.72. The van der Waals surface area contributed by atoms with E-state index in [2.05, 4.69) is 21.0 Å². The fourth-order valence-corrected chi connectivity index (χ4v) is 3.39. The van der Waals surface area contributed by atoms with Crippen molar-refractivity contribution in [3.63, 3.8) is 0 Å². The van der Waals surface area contributed by atoms with E-state index < -0.39 is 18.1 Å². The summed E-state index contributed by atoms with van der Waals surface area (Å²) in [5, 5.41) is 13.0. The Morgan fingerprint density at radius 2 is 1.92 bits per heavy atom. The largest absolute Gasteiger partial charge is 0.334 e. The van der Waals surface area contributed by atoms with Crippen LogP contribution < -0.4 is 16.0 Å². The summed E-state index contributed by atoms with van der Waals surface area (Å²) in [6.45, 7) is 4.92. The summed E-state index contributed by atoms with van der Waals surface area (Å²) in [4.78, 5) is 38.3. The van der Waals surface area contributed by atoms with Gasteiger partial charge in [-0.3, -0.25) is 19.7 Å². The summed E-state index contributed by atoms with van der Waals surface area (Å²) in [5.41, 5.74) is 0.678. The van der Waals surface area contributed by atoms with Crippen molar-refractivity contribution in [1.82, 2.24) is 25.3 Å². The van der Waals surface area contributed by atoms with Crippen LogP contribution in [0.1, 0.15) is 51.0 Å². The number of amides is 3. The molecule has 0 saturated carbocycles.